The summed E-state index contributed by atoms with van der Waals surface area (Å²) in [6.07, 6.45) is 1.63. The van der Waals surface area contributed by atoms with Crippen LogP contribution in [-0.4, -0.2) is 41.3 Å². The van der Waals surface area contributed by atoms with Crippen LogP contribution in [0.25, 0.3) is 11.3 Å². The molecule has 1 N–H and O–H groups in total. The number of unbranched alkanes of at least 4 members (excludes halogenated alkanes) is 1. The van der Waals surface area contributed by atoms with Gasteiger partial charge in [-0.2, -0.15) is 0 Å². The molecule has 1 aliphatic rings. The number of aryl methyl sites for hydroxylation is 1. The van der Waals surface area contributed by atoms with Crippen LogP contribution in [0.3, 0.4) is 0 Å². The summed E-state index contributed by atoms with van der Waals surface area (Å²) >= 11 is 1.37. The van der Waals surface area contributed by atoms with E-state index in [1.54, 1.807) is 19.2 Å². The van der Waals surface area contributed by atoms with Gasteiger partial charge in [0, 0.05) is 22.5 Å². The van der Waals surface area contributed by atoms with Crippen LogP contribution in [0.15, 0.2) is 42.5 Å². The number of methoxy groups -OCH3 is 1. The van der Waals surface area contributed by atoms with E-state index in [4.69, 9.17) is 4.74 Å². The fraction of sp³-hybridized carbons (Fsp3) is 0.250. The number of carbonyl (C=O) groups is 3. The average Bonchev–Trinajstić information content (AvgIpc) is 3.28. The Hall–Kier alpha value is -3.52. The SMILES string of the molecule is CCCCN1C(=O)c2ccc(C(=O)Nc3nc(-c4ccc(OC)cc4)c(C)s3)cc2C1=O. The first-order valence-electron chi connectivity index (χ1n) is 10.4. The summed E-state index contributed by atoms with van der Waals surface area (Å²) in [7, 11) is 1.61. The lowest BCUT2D eigenvalue weighted by molar-refractivity contribution is 0.0652. The Balaban J connectivity index is 1.53. The Bertz CT molecular complexity index is 1200. The van der Waals surface area contributed by atoms with Crippen molar-refractivity contribution < 1.29 is 19.1 Å². The van der Waals surface area contributed by atoms with Gasteiger partial charge in [0.1, 0.15) is 5.75 Å². The summed E-state index contributed by atoms with van der Waals surface area (Å²) in [5, 5.41) is 3.27. The minimum Gasteiger partial charge on any atom is -0.497 e. The van der Waals surface area contributed by atoms with Crippen molar-refractivity contribution in [1.82, 2.24) is 9.88 Å². The van der Waals surface area contributed by atoms with Crippen LogP contribution in [0.1, 0.15) is 55.7 Å². The minimum atomic E-state index is -0.380. The van der Waals surface area contributed by atoms with E-state index < -0.39 is 0 Å². The molecule has 8 heteroatoms. The van der Waals surface area contributed by atoms with Crippen molar-refractivity contribution in [2.45, 2.75) is 26.7 Å². The molecule has 1 aliphatic heterocycles. The van der Waals surface area contributed by atoms with E-state index in [2.05, 4.69) is 10.3 Å². The lowest BCUT2D eigenvalue weighted by Crippen LogP contribution is -2.30. The molecule has 0 spiro atoms. The number of rotatable bonds is 7. The van der Waals surface area contributed by atoms with Crippen molar-refractivity contribution in [2.24, 2.45) is 0 Å². The molecule has 0 aliphatic carbocycles. The molecule has 4 rings (SSSR count). The van der Waals surface area contributed by atoms with Crippen LogP contribution in [0.2, 0.25) is 0 Å². The number of thiazole rings is 1. The number of anilines is 1. The summed E-state index contributed by atoms with van der Waals surface area (Å²) in [6.45, 7) is 4.33. The van der Waals surface area contributed by atoms with Crippen molar-refractivity contribution in [3.63, 3.8) is 0 Å². The van der Waals surface area contributed by atoms with Gasteiger partial charge in [0.2, 0.25) is 0 Å². The predicted molar refractivity (Wildman–Crippen MR) is 124 cm³/mol. The van der Waals surface area contributed by atoms with Gasteiger partial charge in [0.15, 0.2) is 5.13 Å². The second kappa shape index (κ2) is 8.92. The first kappa shape index (κ1) is 21.7. The molecule has 0 saturated carbocycles. The molecular weight excluding hydrogens is 426 g/mol. The number of carbonyl (C=O) groups excluding carboxylic acids is 3. The van der Waals surface area contributed by atoms with E-state index in [1.807, 2.05) is 38.1 Å². The molecule has 0 unspecified atom stereocenters. The van der Waals surface area contributed by atoms with Crippen LogP contribution in [0.5, 0.6) is 5.75 Å². The van der Waals surface area contributed by atoms with Gasteiger partial charge in [0.25, 0.3) is 17.7 Å². The molecule has 3 amide bonds. The van der Waals surface area contributed by atoms with Gasteiger partial charge in [-0.1, -0.05) is 13.3 Å². The topological polar surface area (TPSA) is 88.6 Å². The zero-order valence-corrected chi connectivity index (χ0v) is 18.9. The first-order chi connectivity index (χ1) is 15.4. The second-order valence-electron chi connectivity index (χ2n) is 7.48. The Kier molecular flexibility index (Phi) is 6.05. The quantitative estimate of drug-likeness (QED) is 0.525. The molecule has 7 nitrogen and oxygen atoms in total. The number of imide groups is 1. The number of nitrogens with one attached hydrogen (secondary N) is 1. The number of ether oxygens (including phenoxy) is 1. The molecule has 0 fully saturated rings. The zero-order valence-electron chi connectivity index (χ0n) is 18.1. The first-order valence-corrected chi connectivity index (χ1v) is 11.2. The molecule has 0 radical (unpaired) electrons. The summed E-state index contributed by atoms with van der Waals surface area (Å²) in [4.78, 5) is 44.7. The molecule has 2 heterocycles. The van der Waals surface area contributed by atoms with Crippen LogP contribution in [-0.2, 0) is 0 Å². The number of benzene rings is 2. The molecule has 0 bridgehead atoms. The van der Waals surface area contributed by atoms with Crippen molar-refractivity contribution in [3.05, 3.63) is 64.0 Å². The average molecular weight is 450 g/mol. The predicted octanol–water partition coefficient (Wildman–Crippen LogP) is 4.78. The molecule has 164 valence electrons. The number of aromatic nitrogens is 1. The maximum absolute atomic E-state index is 12.8. The number of amides is 3. The minimum absolute atomic E-state index is 0.271. The summed E-state index contributed by atoms with van der Waals surface area (Å²) in [5.74, 6) is -0.270. The molecule has 32 heavy (non-hydrogen) atoms. The van der Waals surface area contributed by atoms with Gasteiger partial charge in [-0.3, -0.25) is 24.6 Å². The van der Waals surface area contributed by atoms with Gasteiger partial charge in [-0.25, -0.2) is 4.98 Å². The smallest absolute Gasteiger partial charge is 0.261 e. The van der Waals surface area contributed by atoms with Gasteiger partial charge < -0.3 is 4.74 Å². The van der Waals surface area contributed by atoms with Crippen molar-refractivity contribution in [2.75, 3.05) is 19.0 Å². The molecule has 2 aromatic carbocycles. The number of nitrogens with zero attached hydrogens (tertiary/aromatic N) is 2. The number of fused-ring (bicyclic) bond motifs is 1. The standard InChI is InChI=1S/C24H23N3O4S/c1-4-5-12-27-22(29)18-11-8-16(13-19(18)23(27)30)21(28)26-24-25-20(14(2)32-24)15-6-9-17(31-3)10-7-15/h6-11,13H,4-5,12H2,1-3H3,(H,25,26,28). The Morgan fingerprint density at radius 2 is 1.81 bits per heavy atom. The highest BCUT2D eigenvalue weighted by molar-refractivity contribution is 7.16. The second-order valence-corrected chi connectivity index (χ2v) is 8.69. The highest BCUT2D eigenvalue weighted by Gasteiger charge is 2.35. The Morgan fingerprint density at radius 3 is 2.50 bits per heavy atom. The maximum Gasteiger partial charge on any atom is 0.261 e. The highest BCUT2D eigenvalue weighted by Crippen LogP contribution is 2.32. The van der Waals surface area contributed by atoms with Gasteiger partial charge in [-0.05, 0) is 55.8 Å². The lowest BCUT2D eigenvalue weighted by Gasteiger charge is -2.12. The van der Waals surface area contributed by atoms with Crippen LogP contribution < -0.4 is 10.1 Å². The summed E-state index contributed by atoms with van der Waals surface area (Å²) < 4.78 is 5.19. The lowest BCUT2D eigenvalue weighted by atomic mass is 10.1. The molecule has 3 aromatic rings. The molecular formula is C24H23N3O4S. The van der Waals surface area contributed by atoms with Gasteiger partial charge in [0.05, 0.1) is 23.9 Å². The third-order valence-corrected chi connectivity index (χ3v) is 6.23. The van der Waals surface area contributed by atoms with Gasteiger partial charge >= 0.3 is 0 Å². The normalized spacial score (nSPS) is 12.8. The van der Waals surface area contributed by atoms with Crippen LogP contribution in [0, 0.1) is 6.92 Å². The highest BCUT2D eigenvalue weighted by atomic mass is 32.1. The molecule has 1 aromatic heterocycles. The monoisotopic (exact) mass is 449 g/mol. The van der Waals surface area contributed by atoms with E-state index in [0.29, 0.717) is 22.8 Å². The molecule has 0 saturated heterocycles. The fourth-order valence-corrected chi connectivity index (χ4v) is 4.42. The summed E-state index contributed by atoms with van der Waals surface area (Å²) in [5.41, 5.74) is 2.63. The van der Waals surface area contributed by atoms with Crippen molar-refractivity contribution >= 4 is 34.2 Å². The number of hydrogen-bond donors (Lipinski definition) is 1. The van der Waals surface area contributed by atoms with Crippen LogP contribution >= 0.6 is 11.3 Å². The van der Waals surface area contributed by atoms with E-state index >= 15 is 0 Å². The third-order valence-electron chi connectivity index (χ3n) is 5.35. The van der Waals surface area contributed by atoms with E-state index in [-0.39, 0.29) is 23.3 Å². The van der Waals surface area contributed by atoms with Gasteiger partial charge in [-0.15, -0.1) is 11.3 Å². The zero-order chi connectivity index (χ0) is 22.8. The van der Waals surface area contributed by atoms with Crippen LogP contribution in [0.4, 0.5) is 5.13 Å². The Morgan fingerprint density at radius 1 is 1.09 bits per heavy atom. The van der Waals surface area contributed by atoms with Crippen molar-refractivity contribution in [1.29, 1.82) is 0 Å². The summed E-state index contributed by atoms with van der Waals surface area (Å²) in [6, 6.07) is 12.2. The van der Waals surface area contributed by atoms with E-state index in [1.165, 1.54) is 22.3 Å². The van der Waals surface area contributed by atoms with E-state index in [0.717, 1.165) is 34.7 Å². The van der Waals surface area contributed by atoms with Crippen molar-refractivity contribution in [3.8, 4) is 17.0 Å². The number of hydrogen-bond acceptors (Lipinski definition) is 6. The largest absolute Gasteiger partial charge is 0.497 e. The van der Waals surface area contributed by atoms with E-state index in [9.17, 15) is 14.4 Å². The molecule has 0 atom stereocenters. The fourth-order valence-electron chi connectivity index (χ4n) is 3.59. The third kappa shape index (κ3) is 4.01. The Labute approximate surface area is 190 Å². The maximum atomic E-state index is 12.8.